The predicted octanol–water partition coefficient (Wildman–Crippen LogP) is -2.58. The van der Waals surface area contributed by atoms with Crippen LogP contribution in [-0.2, 0) is 15.0 Å². The zero-order valence-electron chi connectivity index (χ0n) is 8.52. The largest absolute Gasteiger partial charge is 0.544 e. The SMILES string of the molecule is O=C([O-])C[NH2+]S(=O)(=O)N1CCCCCC1. The highest BCUT2D eigenvalue weighted by Crippen LogP contribution is 2.10. The molecule has 1 saturated heterocycles. The highest BCUT2D eigenvalue weighted by Gasteiger charge is 2.25. The van der Waals surface area contributed by atoms with E-state index in [9.17, 15) is 18.3 Å². The average molecular weight is 236 g/mol. The van der Waals surface area contributed by atoms with Crippen LogP contribution in [0.5, 0.6) is 0 Å². The van der Waals surface area contributed by atoms with Gasteiger partial charge in [0.15, 0.2) is 0 Å². The molecule has 0 atom stereocenters. The predicted molar refractivity (Wildman–Crippen MR) is 50.8 cm³/mol. The first-order valence-electron chi connectivity index (χ1n) is 5.05. The lowest BCUT2D eigenvalue weighted by Crippen LogP contribution is -2.92. The summed E-state index contributed by atoms with van der Waals surface area (Å²) in [6, 6.07) is 0. The molecule has 0 bridgehead atoms. The number of nitrogens with zero attached hydrogens (tertiary/aromatic N) is 1. The number of hydrogen-bond acceptors (Lipinski definition) is 4. The number of hydrogen-bond donors (Lipinski definition) is 1. The topological polar surface area (TPSA) is 94.1 Å². The van der Waals surface area contributed by atoms with Gasteiger partial charge in [0.25, 0.3) is 0 Å². The Bertz CT molecular complexity index is 307. The molecule has 0 spiro atoms. The molecule has 6 nitrogen and oxygen atoms in total. The van der Waals surface area contributed by atoms with Crippen LogP contribution in [0.1, 0.15) is 25.7 Å². The van der Waals surface area contributed by atoms with E-state index in [4.69, 9.17) is 0 Å². The number of carboxylic acids is 1. The number of quaternary nitrogens is 1. The molecule has 1 rings (SSSR count). The zero-order valence-corrected chi connectivity index (χ0v) is 9.33. The minimum absolute atomic E-state index is 0.492. The summed E-state index contributed by atoms with van der Waals surface area (Å²) >= 11 is 0. The van der Waals surface area contributed by atoms with Crippen molar-refractivity contribution in [2.24, 2.45) is 0 Å². The average Bonchev–Trinajstić information content (AvgIpc) is 2.43. The van der Waals surface area contributed by atoms with Gasteiger partial charge < -0.3 is 9.90 Å². The molecular formula is C8H16N2O4S. The molecule has 88 valence electrons. The van der Waals surface area contributed by atoms with Crippen molar-refractivity contribution in [2.75, 3.05) is 19.6 Å². The van der Waals surface area contributed by atoms with E-state index in [1.807, 2.05) is 0 Å². The van der Waals surface area contributed by atoms with E-state index in [0.717, 1.165) is 30.4 Å². The van der Waals surface area contributed by atoms with Crippen LogP contribution in [0.4, 0.5) is 0 Å². The van der Waals surface area contributed by atoms with Crippen LogP contribution in [0.3, 0.4) is 0 Å². The van der Waals surface area contributed by atoms with Crippen molar-refractivity contribution in [3.05, 3.63) is 0 Å². The number of aliphatic carboxylic acids is 1. The fraction of sp³-hybridized carbons (Fsp3) is 0.875. The van der Waals surface area contributed by atoms with E-state index in [1.165, 1.54) is 4.31 Å². The van der Waals surface area contributed by atoms with Crippen molar-refractivity contribution in [2.45, 2.75) is 25.7 Å². The molecule has 1 aliphatic heterocycles. The number of carbonyl (C=O) groups excluding carboxylic acids is 1. The molecule has 1 heterocycles. The first kappa shape index (κ1) is 12.4. The van der Waals surface area contributed by atoms with E-state index in [0.29, 0.717) is 13.1 Å². The smallest absolute Gasteiger partial charge is 0.369 e. The summed E-state index contributed by atoms with van der Waals surface area (Å²) in [5.41, 5.74) is 0. The Kier molecular flexibility index (Phi) is 4.49. The van der Waals surface area contributed by atoms with Gasteiger partial charge in [0, 0.05) is 13.1 Å². The Morgan fingerprint density at radius 3 is 2.20 bits per heavy atom. The number of nitrogens with two attached hydrogens (primary N) is 1. The maximum absolute atomic E-state index is 11.6. The number of carboxylic acid groups (broad SMARTS) is 1. The molecule has 0 aromatic carbocycles. The second-order valence-corrected chi connectivity index (χ2v) is 5.48. The summed E-state index contributed by atoms with van der Waals surface area (Å²) in [7, 11) is -3.51. The van der Waals surface area contributed by atoms with Gasteiger partial charge in [-0.2, -0.15) is 12.7 Å². The Morgan fingerprint density at radius 2 is 1.73 bits per heavy atom. The van der Waals surface area contributed by atoms with Crippen LogP contribution in [0.2, 0.25) is 0 Å². The maximum Gasteiger partial charge on any atom is 0.369 e. The van der Waals surface area contributed by atoms with Crippen molar-refractivity contribution in [1.29, 1.82) is 0 Å². The van der Waals surface area contributed by atoms with Crippen LogP contribution in [-0.4, -0.2) is 38.3 Å². The summed E-state index contributed by atoms with van der Waals surface area (Å²) in [6.45, 7) is 0.441. The molecule has 15 heavy (non-hydrogen) atoms. The van der Waals surface area contributed by atoms with E-state index in [1.54, 1.807) is 0 Å². The monoisotopic (exact) mass is 236 g/mol. The van der Waals surface area contributed by atoms with Crippen molar-refractivity contribution < 1.29 is 23.0 Å². The van der Waals surface area contributed by atoms with E-state index >= 15 is 0 Å². The number of carbonyl (C=O) groups is 1. The molecule has 0 aromatic heterocycles. The van der Waals surface area contributed by atoms with Gasteiger partial charge in [-0.1, -0.05) is 12.8 Å². The number of rotatable bonds is 4. The van der Waals surface area contributed by atoms with Crippen molar-refractivity contribution in [1.82, 2.24) is 4.31 Å². The lowest BCUT2D eigenvalue weighted by Gasteiger charge is -2.17. The van der Waals surface area contributed by atoms with Gasteiger partial charge in [-0.15, -0.1) is 0 Å². The summed E-state index contributed by atoms with van der Waals surface area (Å²) in [4.78, 5) is 10.2. The fourth-order valence-corrected chi connectivity index (χ4v) is 2.90. The molecule has 0 aliphatic carbocycles. The first-order valence-corrected chi connectivity index (χ1v) is 6.56. The fourth-order valence-electron chi connectivity index (χ4n) is 1.57. The normalized spacial score (nSPS) is 19.7. The minimum Gasteiger partial charge on any atom is -0.544 e. The molecule has 0 radical (unpaired) electrons. The van der Waals surface area contributed by atoms with Crippen LogP contribution < -0.4 is 9.83 Å². The molecule has 0 amide bonds. The van der Waals surface area contributed by atoms with Gasteiger partial charge in [0.2, 0.25) is 0 Å². The quantitative estimate of drug-likeness (QED) is 0.580. The third-order valence-corrected chi connectivity index (χ3v) is 4.06. The zero-order chi connectivity index (χ0) is 11.3. The van der Waals surface area contributed by atoms with E-state index in [-0.39, 0.29) is 0 Å². The van der Waals surface area contributed by atoms with Gasteiger partial charge in [0.05, 0.1) is 5.97 Å². The molecule has 1 fully saturated rings. The third-order valence-electron chi connectivity index (χ3n) is 2.39. The summed E-state index contributed by atoms with van der Waals surface area (Å²) in [5, 5.41) is 10.2. The second kappa shape index (κ2) is 5.43. The van der Waals surface area contributed by atoms with E-state index in [2.05, 4.69) is 0 Å². The Hall–Kier alpha value is -0.660. The minimum atomic E-state index is -3.51. The van der Waals surface area contributed by atoms with Crippen molar-refractivity contribution in [3.8, 4) is 0 Å². The van der Waals surface area contributed by atoms with Gasteiger partial charge in [-0.05, 0) is 12.8 Å². The van der Waals surface area contributed by atoms with Crippen LogP contribution >= 0.6 is 0 Å². The molecule has 0 saturated carbocycles. The van der Waals surface area contributed by atoms with Crippen molar-refractivity contribution in [3.63, 3.8) is 0 Å². The van der Waals surface area contributed by atoms with Crippen molar-refractivity contribution >= 4 is 16.2 Å². The first-order chi connectivity index (χ1) is 7.02. The lowest BCUT2D eigenvalue weighted by atomic mass is 10.2. The summed E-state index contributed by atoms with van der Waals surface area (Å²) in [6.07, 6.45) is 3.76. The highest BCUT2D eigenvalue weighted by atomic mass is 32.2. The molecule has 2 N–H and O–H groups in total. The molecule has 1 aliphatic rings. The van der Waals surface area contributed by atoms with Crippen LogP contribution in [0.25, 0.3) is 0 Å². The molecule has 0 unspecified atom stereocenters. The molecular weight excluding hydrogens is 220 g/mol. The van der Waals surface area contributed by atoms with Gasteiger partial charge in [-0.3, -0.25) is 0 Å². The van der Waals surface area contributed by atoms with Gasteiger partial charge >= 0.3 is 10.2 Å². The van der Waals surface area contributed by atoms with Gasteiger partial charge in [0.1, 0.15) is 6.54 Å². The maximum atomic E-state index is 11.6. The summed E-state index contributed by atoms with van der Waals surface area (Å²) in [5.74, 6) is -1.37. The summed E-state index contributed by atoms with van der Waals surface area (Å²) < 4.78 is 25.4. The highest BCUT2D eigenvalue weighted by molar-refractivity contribution is 7.82. The van der Waals surface area contributed by atoms with Crippen LogP contribution in [0, 0.1) is 0 Å². The second-order valence-electron chi connectivity index (χ2n) is 3.60. The van der Waals surface area contributed by atoms with Crippen LogP contribution in [0.15, 0.2) is 0 Å². The third kappa shape index (κ3) is 4.15. The van der Waals surface area contributed by atoms with E-state index < -0.39 is 22.7 Å². The lowest BCUT2D eigenvalue weighted by molar-refractivity contribution is -0.504. The van der Waals surface area contributed by atoms with Gasteiger partial charge in [-0.25, -0.2) is 4.72 Å². The Morgan fingerprint density at radius 1 is 1.20 bits per heavy atom. The Balaban J connectivity index is 2.54. The standard InChI is InChI=1S/C8H16N2O4S/c11-8(12)7-9-15(13,14)10-5-3-1-2-4-6-10/h9H,1-7H2,(H,11,12). The Labute approximate surface area is 89.4 Å². The molecule has 0 aromatic rings. The molecule has 7 heteroatoms.